The molecule has 3 heteroatoms. The van der Waals surface area contributed by atoms with Crippen molar-refractivity contribution in [2.24, 2.45) is 0 Å². The zero-order valence-electron chi connectivity index (χ0n) is 9.50. The fourth-order valence-corrected chi connectivity index (χ4v) is 2.21. The van der Waals surface area contributed by atoms with Crippen molar-refractivity contribution in [2.75, 3.05) is 26.7 Å². The van der Waals surface area contributed by atoms with Crippen LogP contribution in [0, 0.1) is 0 Å². The Bertz CT molecular complexity index is 262. The highest BCUT2D eigenvalue weighted by molar-refractivity contribution is 5.08. The molecule has 1 atom stereocenters. The number of rotatable bonds is 4. The summed E-state index contributed by atoms with van der Waals surface area (Å²) in [4.78, 5) is 5.59. The third kappa shape index (κ3) is 3.08. The molecule has 15 heavy (non-hydrogen) atoms. The first-order chi connectivity index (χ1) is 7.36. The van der Waals surface area contributed by atoms with Crippen LogP contribution < -0.4 is 5.32 Å². The van der Waals surface area contributed by atoms with Crippen LogP contribution in [0.15, 0.2) is 18.5 Å². The van der Waals surface area contributed by atoms with Gasteiger partial charge in [-0.1, -0.05) is 0 Å². The van der Waals surface area contributed by atoms with E-state index in [1.165, 1.54) is 24.9 Å². The van der Waals surface area contributed by atoms with E-state index in [9.17, 15) is 0 Å². The van der Waals surface area contributed by atoms with Crippen LogP contribution in [0.25, 0.3) is 0 Å². The SMILES string of the molecule is CN(CCc1cc[nH]c1)C1CCCNC1. The molecule has 1 aliphatic heterocycles. The van der Waals surface area contributed by atoms with Crippen molar-refractivity contribution in [3.63, 3.8) is 0 Å². The van der Waals surface area contributed by atoms with Crippen LogP contribution in [-0.4, -0.2) is 42.6 Å². The predicted octanol–water partition coefficient (Wildman–Crippen LogP) is 1.24. The number of aromatic nitrogens is 1. The maximum Gasteiger partial charge on any atom is 0.0218 e. The molecule has 1 aromatic heterocycles. The number of nitrogens with one attached hydrogen (secondary N) is 2. The first kappa shape index (κ1) is 10.7. The van der Waals surface area contributed by atoms with Crippen molar-refractivity contribution in [3.8, 4) is 0 Å². The van der Waals surface area contributed by atoms with E-state index < -0.39 is 0 Å². The Morgan fingerprint density at radius 2 is 2.47 bits per heavy atom. The van der Waals surface area contributed by atoms with Crippen LogP contribution in [0.5, 0.6) is 0 Å². The van der Waals surface area contributed by atoms with Gasteiger partial charge in [0.25, 0.3) is 0 Å². The monoisotopic (exact) mass is 207 g/mol. The second-order valence-electron chi connectivity index (χ2n) is 4.45. The van der Waals surface area contributed by atoms with Crippen LogP contribution in [0.2, 0.25) is 0 Å². The van der Waals surface area contributed by atoms with Crippen molar-refractivity contribution in [3.05, 3.63) is 24.0 Å². The summed E-state index contributed by atoms with van der Waals surface area (Å²) in [5, 5.41) is 3.46. The Hall–Kier alpha value is -0.800. The largest absolute Gasteiger partial charge is 0.367 e. The Balaban J connectivity index is 1.74. The molecule has 0 saturated carbocycles. The van der Waals surface area contributed by atoms with Crippen LogP contribution in [-0.2, 0) is 6.42 Å². The van der Waals surface area contributed by atoms with Gasteiger partial charge in [0, 0.05) is 31.5 Å². The molecule has 1 unspecified atom stereocenters. The summed E-state index contributed by atoms with van der Waals surface area (Å²) >= 11 is 0. The topological polar surface area (TPSA) is 31.1 Å². The number of piperidine rings is 1. The van der Waals surface area contributed by atoms with E-state index in [1.54, 1.807) is 0 Å². The van der Waals surface area contributed by atoms with Gasteiger partial charge in [0.05, 0.1) is 0 Å². The zero-order chi connectivity index (χ0) is 10.5. The van der Waals surface area contributed by atoms with Gasteiger partial charge in [-0.3, -0.25) is 0 Å². The quantitative estimate of drug-likeness (QED) is 0.778. The smallest absolute Gasteiger partial charge is 0.0218 e. The fourth-order valence-electron chi connectivity index (χ4n) is 2.21. The lowest BCUT2D eigenvalue weighted by Crippen LogP contribution is -2.44. The lowest BCUT2D eigenvalue weighted by molar-refractivity contribution is 0.205. The van der Waals surface area contributed by atoms with E-state index in [-0.39, 0.29) is 0 Å². The fraction of sp³-hybridized carbons (Fsp3) is 0.667. The summed E-state index contributed by atoms with van der Waals surface area (Å²) in [6.45, 7) is 3.51. The molecule has 3 nitrogen and oxygen atoms in total. The van der Waals surface area contributed by atoms with E-state index in [0.717, 1.165) is 25.6 Å². The van der Waals surface area contributed by atoms with Gasteiger partial charge in [-0.15, -0.1) is 0 Å². The summed E-state index contributed by atoms with van der Waals surface area (Å²) in [5.41, 5.74) is 1.41. The first-order valence-electron chi connectivity index (χ1n) is 5.89. The van der Waals surface area contributed by atoms with E-state index in [4.69, 9.17) is 0 Å². The Morgan fingerprint density at radius 1 is 1.53 bits per heavy atom. The lowest BCUT2D eigenvalue weighted by Gasteiger charge is -2.31. The average Bonchev–Trinajstić information content (AvgIpc) is 2.80. The molecule has 0 aromatic carbocycles. The van der Waals surface area contributed by atoms with Gasteiger partial charge in [0.1, 0.15) is 0 Å². The number of likely N-dealkylation sites (N-methyl/N-ethyl adjacent to an activating group) is 1. The van der Waals surface area contributed by atoms with Crippen molar-refractivity contribution in [1.29, 1.82) is 0 Å². The molecule has 1 fully saturated rings. The summed E-state index contributed by atoms with van der Waals surface area (Å²) in [6.07, 6.45) is 7.90. The number of hydrogen-bond acceptors (Lipinski definition) is 2. The third-order valence-corrected chi connectivity index (χ3v) is 3.31. The van der Waals surface area contributed by atoms with Crippen molar-refractivity contribution >= 4 is 0 Å². The highest BCUT2D eigenvalue weighted by Crippen LogP contribution is 2.09. The maximum atomic E-state index is 3.46. The molecule has 1 aliphatic rings. The molecular weight excluding hydrogens is 186 g/mol. The summed E-state index contributed by atoms with van der Waals surface area (Å²) in [7, 11) is 2.24. The van der Waals surface area contributed by atoms with Gasteiger partial charge in [-0.25, -0.2) is 0 Å². The Kier molecular flexibility index (Phi) is 3.80. The Morgan fingerprint density at radius 3 is 3.13 bits per heavy atom. The van der Waals surface area contributed by atoms with Crippen molar-refractivity contribution < 1.29 is 0 Å². The summed E-state index contributed by atoms with van der Waals surface area (Å²) < 4.78 is 0. The molecule has 1 saturated heterocycles. The average molecular weight is 207 g/mol. The normalized spacial score (nSPS) is 22.1. The van der Waals surface area contributed by atoms with E-state index in [2.05, 4.69) is 34.5 Å². The van der Waals surface area contributed by atoms with E-state index in [1.807, 2.05) is 6.20 Å². The molecule has 2 N–H and O–H groups in total. The van der Waals surface area contributed by atoms with Gasteiger partial charge >= 0.3 is 0 Å². The third-order valence-electron chi connectivity index (χ3n) is 3.31. The highest BCUT2D eigenvalue weighted by Gasteiger charge is 2.16. The predicted molar refractivity (Wildman–Crippen MR) is 63.0 cm³/mol. The second-order valence-corrected chi connectivity index (χ2v) is 4.45. The van der Waals surface area contributed by atoms with Crippen LogP contribution in [0.4, 0.5) is 0 Å². The molecule has 0 spiro atoms. The molecule has 2 rings (SSSR count). The van der Waals surface area contributed by atoms with Gasteiger partial charge in [0.2, 0.25) is 0 Å². The number of H-pyrrole nitrogens is 1. The molecule has 0 radical (unpaired) electrons. The molecule has 0 amide bonds. The van der Waals surface area contributed by atoms with Crippen LogP contribution >= 0.6 is 0 Å². The van der Waals surface area contributed by atoms with Gasteiger partial charge in [-0.2, -0.15) is 0 Å². The molecule has 0 aliphatic carbocycles. The van der Waals surface area contributed by atoms with Gasteiger partial charge < -0.3 is 15.2 Å². The van der Waals surface area contributed by atoms with Crippen molar-refractivity contribution in [2.45, 2.75) is 25.3 Å². The standard InChI is InChI=1S/C12H21N3/c1-15(12-3-2-6-13-10-12)8-5-11-4-7-14-9-11/h4,7,9,12-14H,2-3,5-6,8,10H2,1H3. The number of hydrogen-bond donors (Lipinski definition) is 2. The van der Waals surface area contributed by atoms with E-state index in [0.29, 0.717) is 0 Å². The Labute approximate surface area is 91.9 Å². The van der Waals surface area contributed by atoms with Crippen LogP contribution in [0.1, 0.15) is 18.4 Å². The highest BCUT2D eigenvalue weighted by atomic mass is 15.2. The molecule has 84 valence electrons. The number of nitrogens with zero attached hydrogens (tertiary/aromatic N) is 1. The molecule has 0 bridgehead atoms. The van der Waals surface area contributed by atoms with Crippen LogP contribution in [0.3, 0.4) is 0 Å². The summed E-state index contributed by atoms with van der Waals surface area (Å²) in [5.74, 6) is 0. The zero-order valence-corrected chi connectivity index (χ0v) is 9.50. The second kappa shape index (κ2) is 5.33. The molecule has 1 aromatic rings. The molecular formula is C12H21N3. The molecule has 2 heterocycles. The minimum absolute atomic E-state index is 0.734. The van der Waals surface area contributed by atoms with Gasteiger partial charge in [0.15, 0.2) is 0 Å². The van der Waals surface area contributed by atoms with E-state index >= 15 is 0 Å². The van der Waals surface area contributed by atoms with Gasteiger partial charge in [-0.05, 0) is 44.5 Å². The lowest BCUT2D eigenvalue weighted by atomic mass is 10.1. The minimum atomic E-state index is 0.734. The van der Waals surface area contributed by atoms with Crippen molar-refractivity contribution in [1.82, 2.24) is 15.2 Å². The minimum Gasteiger partial charge on any atom is -0.367 e. The number of aromatic amines is 1. The maximum absolute atomic E-state index is 3.46. The summed E-state index contributed by atoms with van der Waals surface area (Å²) in [6, 6.07) is 2.89. The first-order valence-corrected chi connectivity index (χ1v) is 5.89.